The molecule has 5 heteroatoms. The molecule has 0 aliphatic rings. The minimum Gasteiger partial charge on any atom is -0.390 e. The molecule has 0 heterocycles. The Labute approximate surface area is 102 Å². The second-order valence-electron chi connectivity index (χ2n) is 4.08. The summed E-state index contributed by atoms with van der Waals surface area (Å²) in [5.41, 5.74) is 0.243. The third-order valence-corrected chi connectivity index (χ3v) is 2.23. The number of ether oxygens (including phenoxy) is 1. The second-order valence-corrected chi connectivity index (χ2v) is 4.08. The Morgan fingerprint density at radius 2 is 1.94 bits per heavy atom. The molecule has 0 rings (SSSR count). The Morgan fingerprint density at radius 3 is 2.29 bits per heavy atom. The van der Waals surface area contributed by atoms with Gasteiger partial charge in [-0.2, -0.15) is 0 Å². The van der Waals surface area contributed by atoms with Crippen LogP contribution in [0.3, 0.4) is 0 Å². The predicted molar refractivity (Wildman–Crippen MR) is 65.5 cm³/mol. The fourth-order valence-electron chi connectivity index (χ4n) is 1.40. The van der Waals surface area contributed by atoms with Gasteiger partial charge >= 0.3 is 0 Å². The number of aliphatic hydroxyl groups excluding tert-OH is 2. The average Bonchev–Trinajstić information content (AvgIpc) is 2.26. The lowest BCUT2D eigenvalue weighted by molar-refractivity contribution is 0.0462. The summed E-state index contributed by atoms with van der Waals surface area (Å²) >= 11 is 0. The molecular weight excluding hydrogens is 222 g/mol. The van der Waals surface area contributed by atoms with Gasteiger partial charge in [0.05, 0.1) is 6.10 Å². The van der Waals surface area contributed by atoms with Gasteiger partial charge in [0.25, 0.3) is 0 Å². The van der Waals surface area contributed by atoms with Gasteiger partial charge in [-0.3, -0.25) is 0 Å². The van der Waals surface area contributed by atoms with E-state index in [9.17, 15) is 10.2 Å². The van der Waals surface area contributed by atoms with E-state index < -0.39 is 18.3 Å². The summed E-state index contributed by atoms with van der Waals surface area (Å²) in [5, 5.41) is 23.0. The number of methoxy groups -OCH3 is 1. The summed E-state index contributed by atoms with van der Waals surface area (Å²) in [7, 11) is 1.51. The molecule has 0 fully saturated rings. The first-order valence-corrected chi connectivity index (χ1v) is 5.47. The van der Waals surface area contributed by atoms with Gasteiger partial charge in [0.2, 0.25) is 0 Å². The first kappa shape index (κ1) is 15.9. The zero-order valence-electron chi connectivity index (χ0n) is 10.8. The molecule has 0 aliphatic heterocycles. The van der Waals surface area contributed by atoms with Crippen LogP contribution in [0.4, 0.5) is 0 Å². The lowest BCUT2D eigenvalue weighted by Crippen LogP contribution is -2.42. The van der Waals surface area contributed by atoms with Gasteiger partial charge in [-0.1, -0.05) is 24.9 Å². The van der Waals surface area contributed by atoms with E-state index in [0.29, 0.717) is 0 Å². The van der Waals surface area contributed by atoms with Crippen molar-refractivity contribution in [3.05, 3.63) is 0 Å². The summed E-state index contributed by atoms with van der Waals surface area (Å²) in [6.07, 6.45) is 2.50. The first-order valence-electron chi connectivity index (χ1n) is 5.47. The SMILES string of the molecule is C#CCO/N=C(/[C@@H](OC)C(C)C)[C@@H](O)[C@@H](C)O. The van der Waals surface area contributed by atoms with Crippen molar-refractivity contribution in [2.45, 2.75) is 39.1 Å². The molecule has 0 aromatic heterocycles. The molecule has 3 atom stereocenters. The van der Waals surface area contributed by atoms with Crippen LogP contribution in [0.1, 0.15) is 20.8 Å². The van der Waals surface area contributed by atoms with E-state index >= 15 is 0 Å². The molecule has 0 radical (unpaired) electrons. The van der Waals surface area contributed by atoms with Crippen LogP contribution in [0.5, 0.6) is 0 Å². The van der Waals surface area contributed by atoms with Crippen molar-refractivity contribution in [3.8, 4) is 12.3 Å². The molecule has 0 saturated carbocycles. The van der Waals surface area contributed by atoms with Crippen molar-refractivity contribution in [1.82, 2.24) is 0 Å². The molecule has 0 aromatic carbocycles. The lowest BCUT2D eigenvalue weighted by atomic mass is 9.96. The van der Waals surface area contributed by atoms with Crippen molar-refractivity contribution in [2.24, 2.45) is 11.1 Å². The molecule has 0 bridgehead atoms. The van der Waals surface area contributed by atoms with E-state index in [-0.39, 0.29) is 18.2 Å². The van der Waals surface area contributed by atoms with Gasteiger partial charge in [0.1, 0.15) is 17.9 Å². The number of aliphatic hydroxyl groups is 2. The topological polar surface area (TPSA) is 71.3 Å². The van der Waals surface area contributed by atoms with E-state index in [0.717, 1.165) is 0 Å². The molecule has 98 valence electrons. The van der Waals surface area contributed by atoms with Gasteiger partial charge in [-0.05, 0) is 12.8 Å². The highest BCUT2D eigenvalue weighted by Crippen LogP contribution is 2.13. The summed E-state index contributed by atoms with van der Waals surface area (Å²) in [6.45, 7) is 5.30. The molecular formula is C12H21NO4. The van der Waals surface area contributed by atoms with Crippen LogP contribution < -0.4 is 0 Å². The van der Waals surface area contributed by atoms with Crippen molar-refractivity contribution in [3.63, 3.8) is 0 Å². The Balaban J connectivity index is 4.95. The zero-order valence-corrected chi connectivity index (χ0v) is 10.8. The number of nitrogens with zero attached hydrogens (tertiary/aromatic N) is 1. The molecule has 2 N–H and O–H groups in total. The van der Waals surface area contributed by atoms with Crippen LogP contribution in [0, 0.1) is 18.3 Å². The Morgan fingerprint density at radius 1 is 1.35 bits per heavy atom. The summed E-state index contributed by atoms with van der Waals surface area (Å²) in [5.74, 6) is 2.35. The van der Waals surface area contributed by atoms with Crippen LogP contribution in [0.2, 0.25) is 0 Å². The highest BCUT2D eigenvalue weighted by Gasteiger charge is 2.29. The van der Waals surface area contributed by atoms with Crippen molar-refractivity contribution in [2.75, 3.05) is 13.7 Å². The summed E-state index contributed by atoms with van der Waals surface area (Å²) < 4.78 is 5.24. The number of oxime groups is 1. The van der Waals surface area contributed by atoms with E-state index in [4.69, 9.17) is 16.0 Å². The predicted octanol–water partition coefficient (Wildman–Crippen LogP) is 0.405. The van der Waals surface area contributed by atoms with E-state index in [2.05, 4.69) is 11.1 Å². The average molecular weight is 243 g/mol. The molecule has 0 unspecified atom stereocenters. The highest BCUT2D eigenvalue weighted by molar-refractivity contribution is 5.92. The Bertz CT molecular complexity index is 281. The van der Waals surface area contributed by atoms with Gasteiger partial charge in [-0.15, -0.1) is 6.42 Å². The highest BCUT2D eigenvalue weighted by atomic mass is 16.6. The standard InChI is InChI=1S/C12H21NO4/c1-6-7-17-13-10(11(15)9(4)14)12(16-5)8(2)3/h1,8-9,11-12,14-15H,7H2,2-5H3/b13-10+/t9-,11+,12+/m1/s1. The molecule has 0 aromatic rings. The maximum absolute atomic E-state index is 9.84. The number of hydrogen-bond donors (Lipinski definition) is 2. The van der Waals surface area contributed by atoms with Gasteiger partial charge in [-0.25, -0.2) is 0 Å². The van der Waals surface area contributed by atoms with Crippen LogP contribution in [-0.4, -0.2) is 48.0 Å². The Hall–Kier alpha value is -1.09. The van der Waals surface area contributed by atoms with Crippen LogP contribution in [-0.2, 0) is 9.57 Å². The molecule has 0 aliphatic carbocycles. The van der Waals surface area contributed by atoms with Gasteiger partial charge in [0.15, 0.2) is 6.61 Å². The van der Waals surface area contributed by atoms with E-state index in [1.165, 1.54) is 14.0 Å². The molecule has 0 amide bonds. The minimum atomic E-state index is -1.14. The zero-order chi connectivity index (χ0) is 13.4. The van der Waals surface area contributed by atoms with Gasteiger partial charge in [0, 0.05) is 7.11 Å². The molecule has 17 heavy (non-hydrogen) atoms. The number of hydrogen-bond acceptors (Lipinski definition) is 5. The van der Waals surface area contributed by atoms with Crippen molar-refractivity contribution >= 4 is 5.71 Å². The number of terminal acetylenes is 1. The normalized spacial score (nSPS) is 17.4. The second kappa shape index (κ2) is 8.07. The van der Waals surface area contributed by atoms with Crippen LogP contribution in [0.25, 0.3) is 0 Å². The molecule has 0 spiro atoms. The van der Waals surface area contributed by atoms with Crippen LogP contribution >= 0.6 is 0 Å². The molecule has 5 nitrogen and oxygen atoms in total. The van der Waals surface area contributed by atoms with E-state index in [1.807, 2.05) is 13.8 Å². The maximum atomic E-state index is 9.84. The quantitative estimate of drug-likeness (QED) is 0.294. The summed E-state index contributed by atoms with van der Waals surface area (Å²) in [4.78, 5) is 4.85. The first-order chi connectivity index (χ1) is 7.95. The van der Waals surface area contributed by atoms with E-state index in [1.54, 1.807) is 0 Å². The molecule has 0 saturated heterocycles. The minimum absolute atomic E-state index is 0.00452. The fraction of sp³-hybridized carbons (Fsp3) is 0.750. The largest absolute Gasteiger partial charge is 0.390 e. The maximum Gasteiger partial charge on any atom is 0.177 e. The number of rotatable bonds is 7. The smallest absolute Gasteiger partial charge is 0.177 e. The van der Waals surface area contributed by atoms with Crippen molar-refractivity contribution in [1.29, 1.82) is 0 Å². The van der Waals surface area contributed by atoms with Crippen molar-refractivity contribution < 1.29 is 19.8 Å². The van der Waals surface area contributed by atoms with Crippen LogP contribution in [0.15, 0.2) is 5.16 Å². The lowest BCUT2D eigenvalue weighted by Gasteiger charge is -2.25. The third kappa shape index (κ3) is 5.18. The third-order valence-electron chi connectivity index (χ3n) is 2.23. The summed E-state index contributed by atoms with van der Waals surface area (Å²) in [6, 6.07) is 0. The Kier molecular flexibility index (Phi) is 7.55. The monoisotopic (exact) mass is 243 g/mol. The fourth-order valence-corrected chi connectivity index (χ4v) is 1.40. The van der Waals surface area contributed by atoms with Gasteiger partial charge < -0.3 is 19.8 Å².